The Morgan fingerprint density at radius 3 is 2.61 bits per heavy atom. The van der Waals surface area contributed by atoms with Crippen LogP contribution < -0.4 is 10.6 Å². The zero-order valence-electron chi connectivity index (χ0n) is 10.7. The molecule has 0 spiro atoms. The number of hydrogen-bond acceptors (Lipinski definition) is 2. The molecule has 0 fully saturated rings. The van der Waals surface area contributed by atoms with Crippen LogP contribution in [-0.2, 0) is 6.54 Å². The predicted molar refractivity (Wildman–Crippen MR) is 81.8 cm³/mol. The van der Waals surface area contributed by atoms with Crippen molar-refractivity contribution in [1.29, 1.82) is 0 Å². The number of hydrogen-bond donors (Lipinski definition) is 1. The van der Waals surface area contributed by atoms with Crippen LogP contribution >= 0.6 is 15.9 Å². The Kier molecular flexibility index (Phi) is 3.92. The first kappa shape index (κ1) is 13.0. The minimum absolute atomic E-state index is 0.812. The normalized spacial score (nSPS) is 10.4. The molecule has 0 unspecified atom stereocenters. The van der Waals surface area contributed by atoms with Gasteiger partial charge in [0.25, 0.3) is 0 Å². The maximum absolute atomic E-state index is 5.78. The van der Waals surface area contributed by atoms with Gasteiger partial charge in [-0.2, -0.15) is 0 Å². The Bertz CT molecular complexity index is 552. The summed E-state index contributed by atoms with van der Waals surface area (Å²) in [7, 11) is 2.10. The molecule has 94 valence electrons. The van der Waals surface area contributed by atoms with Crippen LogP contribution in [0.25, 0.3) is 0 Å². The molecule has 0 saturated heterocycles. The molecule has 0 radical (unpaired) electrons. The molecule has 2 aromatic rings. The lowest BCUT2D eigenvalue weighted by molar-refractivity contribution is 0.917. The molecule has 0 aliphatic carbocycles. The lowest BCUT2D eigenvalue weighted by atomic mass is 10.1. The molecule has 0 aliphatic rings. The molecule has 2 N–H and O–H groups in total. The smallest absolute Gasteiger partial charge is 0.0426 e. The second kappa shape index (κ2) is 5.44. The van der Waals surface area contributed by atoms with Crippen molar-refractivity contribution in [2.75, 3.05) is 17.7 Å². The SMILES string of the molecule is Cc1cc(N)ccc1N(C)Cc1cccc(Br)c1. The second-order valence-electron chi connectivity index (χ2n) is 4.53. The van der Waals surface area contributed by atoms with E-state index < -0.39 is 0 Å². The Balaban J connectivity index is 2.19. The summed E-state index contributed by atoms with van der Waals surface area (Å²) >= 11 is 3.50. The summed E-state index contributed by atoms with van der Waals surface area (Å²) in [6, 6.07) is 14.4. The molecule has 18 heavy (non-hydrogen) atoms. The third-order valence-electron chi connectivity index (χ3n) is 2.94. The van der Waals surface area contributed by atoms with Gasteiger partial charge in [-0.3, -0.25) is 0 Å². The molecule has 0 aromatic heterocycles. The highest BCUT2D eigenvalue weighted by Gasteiger charge is 2.05. The zero-order chi connectivity index (χ0) is 13.1. The number of nitrogens with two attached hydrogens (primary N) is 1. The fraction of sp³-hybridized carbons (Fsp3) is 0.200. The Hall–Kier alpha value is -1.48. The number of anilines is 2. The van der Waals surface area contributed by atoms with Crippen molar-refractivity contribution in [2.45, 2.75) is 13.5 Å². The maximum atomic E-state index is 5.78. The van der Waals surface area contributed by atoms with E-state index in [0.717, 1.165) is 16.7 Å². The van der Waals surface area contributed by atoms with Gasteiger partial charge in [-0.15, -0.1) is 0 Å². The molecular weight excluding hydrogens is 288 g/mol. The van der Waals surface area contributed by atoms with Crippen LogP contribution in [0.15, 0.2) is 46.9 Å². The van der Waals surface area contributed by atoms with Crippen LogP contribution in [0.5, 0.6) is 0 Å². The van der Waals surface area contributed by atoms with Crippen LogP contribution in [0.1, 0.15) is 11.1 Å². The van der Waals surface area contributed by atoms with Crippen molar-refractivity contribution in [2.24, 2.45) is 0 Å². The minimum Gasteiger partial charge on any atom is -0.399 e. The fourth-order valence-corrected chi connectivity index (χ4v) is 2.55. The van der Waals surface area contributed by atoms with E-state index in [9.17, 15) is 0 Å². The molecule has 0 bridgehead atoms. The largest absolute Gasteiger partial charge is 0.399 e. The van der Waals surface area contributed by atoms with Gasteiger partial charge in [-0.25, -0.2) is 0 Å². The van der Waals surface area contributed by atoms with Crippen LogP contribution in [0.2, 0.25) is 0 Å². The summed E-state index contributed by atoms with van der Waals surface area (Å²) in [5.74, 6) is 0. The van der Waals surface area contributed by atoms with E-state index in [0.29, 0.717) is 0 Å². The number of nitrogen functional groups attached to an aromatic ring is 1. The molecular formula is C15H17BrN2. The summed E-state index contributed by atoms with van der Waals surface area (Å²) in [6.07, 6.45) is 0. The predicted octanol–water partition coefficient (Wildman–Crippen LogP) is 3.98. The van der Waals surface area contributed by atoms with Gasteiger partial charge in [-0.1, -0.05) is 28.1 Å². The molecule has 2 nitrogen and oxygen atoms in total. The van der Waals surface area contributed by atoms with Crippen LogP contribution in [-0.4, -0.2) is 7.05 Å². The summed E-state index contributed by atoms with van der Waals surface area (Å²) < 4.78 is 1.11. The van der Waals surface area contributed by atoms with Gasteiger partial charge in [0.1, 0.15) is 0 Å². The minimum atomic E-state index is 0.812. The maximum Gasteiger partial charge on any atom is 0.0426 e. The zero-order valence-corrected chi connectivity index (χ0v) is 12.2. The summed E-state index contributed by atoms with van der Waals surface area (Å²) in [5, 5.41) is 0. The van der Waals surface area contributed by atoms with Crippen molar-refractivity contribution in [1.82, 2.24) is 0 Å². The van der Waals surface area contributed by atoms with Gasteiger partial charge in [0.15, 0.2) is 0 Å². The van der Waals surface area contributed by atoms with Crippen molar-refractivity contribution in [3.05, 3.63) is 58.1 Å². The fourth-order valence-electron chi connectivity index (χ4n) is 2.10. The topological polar surface area (TPSA) is 29.3 Å². The van der Waals surface area contributed by atoms with Gasteiger partial charge >= 0.3 is 0 Å². The van der Waals surface area contributed by atoms with E-state index in [2.05, 4.69) is 59.1 Å². The summed E-state index contributed by atoms with van der Waals surface area (Å²) in [5.41, 5.74) is 10.3. The van der Waals surface area contributed by atoms with Gasteiger partial charge in [-0.05, 0) is 48.4 Å². The standard InChI is InChI=1S/C15H17BrN2/c1-11-8-14(17)6-7-15(11)18(2)10-12-4-3-5-13(16)9-12/h3-9H,10,17H2,1-2H3. The Morgan fingerprint density at radius 1 is 1.17 bits per heavy atom. The third-order valence-corrected chi connectivity index (χ3v) is 3.43. The van der Waals surface area contributed by atoms with Crippen molar-refractivity contribution in [3.63, 3.8) is 0 Å². The first-order valence-electron chi connectivity index (χ1n) is 5.88. The molecule has 0 atom stereocenters. The number of rotatable bonds is 3. The van der Waals surface area contributed by atoms with Crippen molar-refractivity contribution >= 4 is 27.3 Å². The first-order chi connectivity index (χ1) is 8.56. The number of benzene rings is 2. The molecule has 2 rings (SSSR count). The van der Waals surface area contributed by atoms with Crippen molar-refractivity contribution in [3.8, 4) is 0 Å². The molecule has 0 heterocycles. The van der Waals surface area contributed by atoms with E-state index in [-0.39, 0.29) is 0 Å². The summed E-state index contributed by atoms with van der Waals surface area (Å²) in [4.78, 5) is 2.23. The summed E-state index contributed by atoms with van der Waals surface area (Å²) in [6.45, 7) is 2.97. The average Bonchev–Trinajstić information content (AvgIpc) is 2.28. The molecule has 0 aliphatic heterocycles. The molecule has 3 heteroatoms. The quantitative estimate of drug-likeness (QED) is 0.869. The van der Waals surface area contributed by atoms with Crippen LogP contribution in [0, 0.1) is 6.92 Å². The van der Waals surface area contributed by atoms with Gasteiger partial charge in [0.2, 0.25) is 0 Å². The Morgan fingerprint density at radius 2 is 1.94 bits per heavy atom. The van der Waals surface area contributed by atoms with Crippen LogP contribution in [0.4, 0.5) is 11.4 Å². The lowest BCUT2D eigenvalue weighted by Gasteiger charge is -2.22. The van der Waals surface area contributed by atoms with E-state index in [1.165, 1.54) is 16.8 Å². The van der Waals surface area contributed by atoms with Crippen molar-refractivity contribution < 1.29 is 0 Å². The molecule has 2 aromatic carbocycles. The van der Waals surface area contributed by atoms with Gasteiger partial charge < -0.3 is 10.6 Å². The Labute approximate surface area is 117 Å². The second-order valence-corrected chi connectivity index (χ2v) is 5.45. The number of aryl methyl sites for hydroxylation is 1. The lowest BCUT2D eigenvalue weighted by Crippen LogP contribution is -2.17. The van der Waals surface area contributed by atoms with E-state index in [1.54, 1.807) is 0 Å². The molecule has 0 amide bonds. The monoisotopic (exact) mass is 304 g/mol. The van der Waals surface area contributed by atoms with E-state index in [4.69, 9.17) is 5.73 Å². The highest BCUT2D eigenvalue weighted by atomic mass is 79.9. The average molecular weight is 305 g/mol. The number of nitrogens with zero attached hydrogens (tertiary/aromatic N) is 1. The van der Waals surface area contributed by atoms with E-state index >= 15 is 0 Å². The van der Waals surface area contributed by atoms with Gasteiger partial charge in [0, 0.05) is 29.4 Å². The first-order valence-corrected chi connectivity index (χ1v) is 6.67. The van der Waals surface area contributed by atoms with E-state index in [1.807, 2.05) is 18.2 Å². The molecule has 0 saturated carbocycles. The third kappa shape index (κ3) is 3.05. The highest BCUT2D eigenvalue weighted by Crippen LogP contribution is 2.23. The van der Waals surface area contributed by atoms with Crippen LogP contribution in [0.3, 0.4) is 0 Å². The highest BCUT2D eigenvalue weighted by molar-refractivity contribution is 9.10. The van der Waals surface area contributed by atoms with Gasteiger partial charge in [0.05, 0.1) is 0 Å². The number of halogens is 1.